The van der Waals surface area contributed by atoms with Gasteiger partial charge in [-0.1, -0.05) is 0 Å². The number of aromatic hydroxyl groups is 1. The lowest BCUT2D eigenvalue weighted by molar-refractivity contribution is 0.245. The number of hydrogen-bond donors (Lipinski definition) is 2. The number of rotatable bonds is 4. The Morgan fingerprint density at radius 1 is 1.29 bits per heavy atom. The number of aromatic nitrogens is 2. The number of nitrogens with one attached hydrogen (secondary N) is 1. The van der Waals surface area contributed by atoms with E-state index in [0.29, 0.717) is 18.1 Å². The average molecular weight is 442 g/mol. The lowest BCUT2D eigenvalue weighted by Gasteiger charge is -2.35. The molecule has 0 spiro atoms. The second-order valence-electron chi connectivity index (χ2n) is 5.65. The second kappa shape index (κ2) is 7.39. The van der Waals surface area contributed by atoms with E-state index in [1.165, 1.54) is 12.4 Å². The number of anilines is 1. The molecular formula is C16H19IN4O3. The highest BCUT2D eigenvalue weighted by molar-refractivity contribution is 14.1. The van der Waals surface area contributed by atoms with Crippen LogP contribution in [0.15, 0.2) is 29.3 Å². The van der Waals surface area contributed by atoms with Gasteiger partial charge in [0.1, 0.15) is 5.82 Å². The first-order valence-corrected chi connectivity index (χ1v) is 8.72. The molecule has 8 heteroatoms. The monoisotopic (exact) mass is 442 g/mol. The minimum atomic E-state index is -0.140. The van der Waals surface area contributed by atoms with Gasteiger partial charge < -0.3 is 19.7 Å². The normalized spacial score (nSPS) is 15.5. The smallest absolute Gasteiger partial charge is 0.252 e. The van der Waals surface area contributed by atoms with Crippen molar-refractivity contribution in [2.24, 2.45) is 0 Å². The fourth-order valence-corrected chi connectivity index (χ4v) is 3.47. The summed E-state index contributed by atoms with van der Waals surface area (Å²) in [6, 6.07) is 5.31. The van der Waals surface area contributed by atoms with E-state index < -0.39 is 0 Å². The molecule has 2 heterocycles. The molecule has 128 valence electrons. The van der Waals surface area contributed by atoms with Crippen LogP contribution in [-0.4, -0.2) is 53.3 Å². The molecule has 2 aromatic rings. The molecule has 0 atom stereocenters. The van der Waals surface area contributed by atoms with Crippen molar-refractivity contribution in [3.05, 3.63) is 44.0 Å². The van der Waals surface area contributed by atoms with Crippen LogP contribution in [0.2, 0.25) is 0 Å². The number of hydrogen-bond acceptors (Lipinski definition) is 6. The fraction of sp³-hybridized carbons (Fsp3) is 0.375. The molecule has 0 aliphatic carbocycles. The third-order valence-corrected chi connectivity index (χ3v) is 4.72. The predicted octanol–water partition coefficient (Wildman–Crippen LogP) is 1.41. The molecule has 1 aliphatic rings. The molecule has 3 rings (SSSR count). The Hall–Kier alpha value is -1.81. The molecule has 7 nitrogen and oxygen atoms in total. The maximum absolute atomic E-state index is 11.4. The van der Waals surface area contributed by atoms with Gasteiger partial charge in [-0.05, 0) is 34.7 Å². The van der Waals surface area contributed by atoms with Gasteiger partial charge in [-0.3, -0.25) is 9.69 Å². The summed E-state index contributed by atoms with van der Waals surface area (Å²) in [5, 5.41) is 10.3. The topological polar surface area (TPSA) is 81.7 Å². The lowest BCUT2D eigenvalue weighted by atomic mass is 10.1. The minimum absolute atomic E-state index is 0.140. The molecular weight excluding hydrogens is 423 g/mol. The van der Waals surface area contributed by atoms with Gasteiger partial charge in [0.25, 0.3) is 5.56 Å². The quantitative estimate of drug-likeness (QED) is 0.698. The van der Waals surface area contributed by atoms with Gasteiger partial charge in [0.15, 0.2) is 11.5 Å². The van der Waals surface area contributed by atoms with E-state index in [0.717, 1.165) is 35.3 Å². The molecule has 1 aliphatic heterocycles. The number of phenolic OH excluding ortho intramolecular Hbond substituents is 1. The molecule has 0 unspecified atom stereocenters. The minimum Gasteiger partial charge on any atom is -0.504 e. The summed E-state index contributed by atoms with van der Waals surface area (Å²) in [7, 11) is 1.56. The van der Waals surface area contributed by atoms with Crippen LogP contribution in [-0.2, 0) is 6.54 Å². The summed E-state index contributed by atoms with van der Waals surface area (Å²) in [5.41, 5.74) is 0.722. The van der Waals surface area contributed by atoms with Gasteiger partial charge in [0.05, 0.1) is 13.4 Å². The number of phenols is 1. The first-order valence-electron chi connectivity index (χ1n) is 7.64. The SMILES string of the molecule is COc1cc(I)cc(CN2CCN(c3cc(=O)[nH]cn3)CC2)c1O. The van der Waals surface area contributed by atoms with Crippen molar-refractivity contribution in [3.8, 4) is 11.5 Å². The van der Waals surface area contributed by atoms with Crippen molar-refractivity contribution >= 4 is 28.4 Å². The fourth-order valence-electron chi connectivity index (χ4n) is 2.81. The number of halogens is 1. The second-order valence-corrected chi connectivity index (χ2v) is 6.89. The standard InChI is InChI=1S/C16H19IN4O3/c1-24-13-7-12(17)6-11(16(13)23)9-20-2-4-21(5-3-20)14-8-15(22)19-10-18-14/h6-8,10,23H,2-5,9H2,1H3,(H,18,19,22). The Kier molecular flexibility index (Phi) is 5.24. The third-order valence-electron chi connectivity index (χ3n) is 4.09. The van der Waals surface area contributed by atoms with E-state index in [2.05, 4.69) is 42.4 Å². The summed E-state index contributed by atoms with van der Waals surface area (Å²) < 4.78 is 6.25. The van der Waals surface area contributed by atoms with Gasteiger partial charge in [0, 0.05) is 47.9 Å². The number of aromatic amines is 1. The predicted molar refractivity (Wildman–Crippen MR) is 99.7 cm³/mol. The number of piperazine rings is 1. The van der Waals surface area contributed by atoms with Crippen LogP contribution in [0.3, 0.4) is 0 Å². The molecule has 0 bridgehead atoms. The molecule has 24 heavy (non-hydrogen) atoms. The molecule has 1 aromatic carbocycles. The van der Waals surface area contributed by atoms with Crippen molar-refractivity contribution in [2.75, 3.05) is 38.2 Å². The highest BCUT2D eigenvalue weighted by Crippen LogP contribution is 2.33. The molecule has 0 saturated carbocycles. The van der Waals surface area contributed by atoms with E-state index in [1.807, 2.05) is 12.1 Å². The molecule has 0 amide bonds. The summed E-state index contributed by atoms with van der Waals surface area (Å²) >= 11 is 2.22. The van der Waals surface area contributed by atoms with E-state index in [4.69, 9.17) is 4.74 Å². The van der Waals surface area contributed by atoms with Crippen molar-refractivity contribution in [1.82, 2.24) is 14.9 Å². The highest BCUT2D eigenvalue weighted by Gasteiger charge is 2.20. The van der Waals surface area contributed by atoms with Gasteiger partial charge in [-0.15, -0.1) is 0 Å². The maximum Gasteiger partial charge on any atom is 0.252 e. The van der Waals surface area contributed by atoms with Gasteiger partial charge >= 0.3 is 0 Å². The number of nitrogens with zero attached hydrogens (tertiary/aromatic N) is 3. The molecule has 0 radical (unpaired) electrons. The van der Waals surface area contributed by atoms with Crippen LogP contribution in [0.5, 0.6) is 11.5 Å². The Morgan fingerprint density at radius 2 is 2.04 bits per heavy atom. The number of H-pyrrole nitrogens is 1. The molecule has 1 saturated heterocycles. The molecule has 2 N–H and O–H groups in total. The van der Waals surface area contributed by atoms with Gasteiger partial charge in [0.2, 0.25) is 0 Å². The highest BCUT2D eigenvalue weighted by atomic mass is 127. The van der Waals surface area contributed by atoms with Crippen LogP contribution in [0.4, 0.5) is 5.82 Å². The van der Waals surface area contributed by atoms with Crippen LogP contribution in [0.1, 0.15) is 5.56 Å². The van der Waals surface area contributed by atoms with Crippen LogP contribution in [0.25, 0.3) is 0 Å². The van der Waals surface area contributed by atoms with Crippen molar-refractivity contribution in [3.63, 3.8) is 0 Å². The summed E-state index contributed by atoms with van der Waals surface area (Å²) in [6.45, 7) is 3.91. The van der Waals surface area contributed by atoms with Crippen molar-refractivity contribution in [1.29, 1.82) is 0 Å². The third kappa shape index (κ3) is 3.81. The van der Waals surface area contributed by atoms with E-state index >= 15 is 0 Å². The zero-order valence-corrected chi connectivity index (χ0v) is 15.5. The van der Waals surface area contributed by atoms with Gasteiger partial charge in [-0.2, -0.15) is 0 Å². The number of benzene rings is 1. The number of methoxy groups -OCH3 is 1. The van der Waals surface area contributed by atoms with E-state index in [9.17, 15) is 9.90 Å². The molecule has 1 fully saturated rings. The molecule has 1 aromatic heterocycles. The zero-order chi connectivity index (χ0) is 17.1. The summed E-state index contributed by atoms with van der Waals surface area (Å²) in [5.74, 6) is 1.41. The van der Waals surface area contributed by atoms with E-state index in [1.54, 1.807) is 7.11 Å². The Labute approximate surface area is 153 Å². The van der Waals surface area contributed by atoms with Crippen molar-refractivity contribution in [2.45, 2.75) is 6.54 Å². The Bertz CT molecular complexity index is 772. The Morgan fingerprint density at radius 3 is 2.71 bits per heavy atom. The van der Waals surface area contributed by atoms with Crippen LogP contribution >= 0.6 is 22.6 Å². The van der Waals surface area contributed by atoms with Crippen LogP contribution < -0.4 is 15.2 Å². The summed E-state index contributed by atoms with van der Waals surface area (Å²) in [6.07, 6.45) is 1.43. The van der Waals surface area contributed by atoms with E-state index in [-0.39, 0.29) is 11.3 Å². The van der Waals surface area contributed by atoms with Crippen molar-refractivity contribution < 1.29 is 9.84 Å². The first kappa shape index (κ1) is 17.0. The van der Waals surface area contributed by atoms with Crippen LogP contribution in [0, 0.1) is 3.57 Å². The zero-order valence-electron chi connectivity index (χ0n) is 13.3. The first-order chi connectivity index (χ1) is 11.6. The summed E-state index contributed by atoms with van der Waals surface area (Å²) in [4.78, 5) is 22.5. The average Bonchev–Trinajstić information content (AvgIpc) is 2.58. The largest absolute Gasteiger partial charge is 0.504 e. The lowest BCUT2D eigenvalue weighted by Crippen LogP contribution is -2.46. The maximum atomic E-state index is 11.4. The Balaban J connectivity index is 1.66. The number of ether oxygens (including phenoxy) is 1. The van der Waals surface area contributed by atoms with Gasteiger partial charge in [-0.25, -0.2) is 4.98 Å².